The molecule has 21 heavy (non-hydrogen) atoms. The highest BCUT2D eigenvalue weighted by Gasteiger charge is 2.31. The standard InChI is InChI=1S/C14H9F4N3/c15-12-3-9(6-20-8-12)7-21-13-2-1-11(14(16,17)18)4-10(13)5-19/h1-4,6,8,21H,7H2. The summed E-state index contributed by atoms with van der Waals surface area (Å²) in [6, 6.07) is 5.78. The summed E-state index contributed by atoms with van der Waals surface area (Å²) in [7, 11) is 0. The number of rotatable bonds is 3. The number of hydrogen-bond donors (Lipinski definition) is 1. The predicted octanol–water partition coefficient (Wildman–Crippen LogP) is 3.72. The third-order valence-corrected chi connectivity index (χ3v) is 2.71. The summed E-state index contributed by atoms with van der Waals surface area (Å²) in [4.78, 5) is 3.66. The lowest BCUT2D eigenvalue weighted by Crippen LogP contribution is -2.07. The minimum absolute atomic E-state index is 0.130. The van der Waals surface area contributed by atoms with Crippen molar-refractivity contribution in [1.82, 2.24) is 4.98 Å². The molecule has 7 heteroatoms. The first-order chi connectivity index (χ1) is 9.90. The molecule has 2 aromatic rings. The van der Waals surface area contributed by atoms with Gasteiger partial charge in [0.2, 0.25) is 0 Å². The highest BCUT2D eigenvalue weighted by Crippen LogP contribution is 2.31. The second-order valence-corrected chi connectivity index (χ2v) is 4.23. The highest BCUT2D eigenvalue weighted by molar-refractivity contribution is 5.59. The zero-order valence-electron chi connectivity index (χ0n) is 10.6. The van der Waals surface area contributed by atoms with E-state index in [4.69, 9.17) is 5.26 Å². The van der Waals surface area contributed by atoms with Crippen molar-refractivity contribution in [3.63, 3.8) is 0 Å². The second kappa shape index (κ2) is 5.79. The molecule has 0 amide bonds. The molecule has 0 atom stereocenters. The van der Waals surface area contributed by atoms with Crippen LogP contribution in [0.3, 0.4) is 0 Å². The molecule has 0 spiro atoms. The van der Waals surface area contributed by atoms with E-state index in [1.807, 2.05) is 0 Å². The Bertz CT molecular complexity index is 689. The molecule has 0 saturated heterocycles. The Morgan fingerprint density at radius 2 is 1.95 bits per heavy atom. The molecule has 108 valence electrons. The minimum Gasteiger partial charge on any atom is -0.380 e. The molecular formula is C14H9F4N3. The fourth-order valence-electron chi connectivity index (χ4n) is 1.72. The van der Waals surface area contributed by atoms with Crippen LogP contribution in [0.1, 0.15) is 16.7 Å². The zero-order valence-corrected chi connectivity index (χ0v) is 10.6. The molecule has 1 heterocycles. The quantitative estimate of drug-likeness (QED) is 0.878. The van der Waals surface area contributed by atoms with Crippen LogP contribution in [0.4, 0.5) is 23.2 Å². The van der Waals surface area contributed by atoms with Crippen LogP contribution >= 0.6 is 0 Å². The van der Waals surface area contributed by atoms with E-state index in [1.165, 1.54) is 18.3 Å². The van der Waals surface area contributed by atoms with Gasteiger partial charge in [-0.05, 0) is 29.8 Å². The summed E-state index contributed by atoms with van der Waals surface area (Å²) in [6.45, 7) is 0.144. The number of alkyl halides is 3. The molecule has 3 nitrogen and oxygen atoms in total. The molecule has 1 aromatic heterocycles. The van der Waals surface area contributed by atoms with Crippen LogP contribution in [0.5, 0.6) is 0 Å². The number of hydrogen-bond acceptors (Lipinski definition) is 3. The van der Waals surface area contributed by atoms with Crippen molar-refractivity contribution in [2.24, 2.45) is 0 Å². The first-order valence-electron chi connectivity index (χ1n) is 5.85. The molecule has 0 unspecified atom stereocenters. The van der Waals surface area contributed by atoms with E-state index in [0.717, 1.165) is 18.3 Å². The van der Waals surface area contributed by atoms with Crippen molar-refractivity contribution in [2.45, 2.75) is 12.7 Å². The van der Waals surface area contributed by atoms with Gasteiger partial charge in [-0.3, -0.25) is 4.98 Å². The highest BCUT2D eigenvalue weighted by atomic mass is 19.4. The van der Waals surface area contributed by atoms with E-state index in [9.17, 15) is 17.6 Å². The summed E-state index contributed by atoms with van der Waals surface area (Å²) >= 11 is 0. The maximum Gasteiger partial charge on any atom is 0.416 e. The van der Waals surface area contributed by atoms with Gasteiger partial charge in [0.25, 0.3) is 0 Å². The number of benzene rings is 1. The third kappa shape index (κ3) is 3.69. The first-order valence-corrected chi connectivity index (χ1v) is 5.85. The van der Waals surface area contributed by atoms with Crippen LogP contribution < -0.4 is 5.32 Å². The van der Waals surface area contributed by atoms with Crippen molar-refractivity contribution in [3.8, 4) is 6.07 Å². The van der Waals surface area contributed by atoms with Gasteiger partial charge in [-0.1, -0.05) is 0 Å². The Kier molecular flexibility index (Phi) is 4.08. The average Bonchev–Trinajstić information content (AvgIpc) is 2.44. The molecular weight excluding hydrogens is 286 g/mol. The van der Waals surface area contributed by atoms with Crippen molar-refractivity contribution in [1.29, 1.82) is 5.26 Å². The molecule has 0 saturated carbocycles. The van der Waals surface area contributed by atoms with Gasteiger partial charge in [-0.2, -0.15) is 18.4 Å². The molecule has 0 aliphatic heterocycles. The molecule has 0 bridgehead atoms. The normalized spacial score (nSPS) is 11.0. The topological polar surface area (TPSA) is 48.7 Å². The van der Waals surface area contributed by atoms with Crippen LogP contribution in [0.25, 0.3) is 0 Å². The third-order valence-electron chi connectivity index (χ3n) is 2.71. The summed E-state index contributed by atoms with van der Waals surface area (Å²) in [5.41, 5.74) is -0.264. The van der Waals surface area contributed by atoms with Crippen LogP contribution in [-0.4, -0.2) is 4.98 Å². The molecule has 2 rings (SSSR count). The molecule has 1 aromatic carbocycles. The van der Waals surface area contributed by atoms with E-state index in [0.29, 0.717) is 5.56 Å². The predicted molar refractivity (Wildman–Crippen MR) is 67.7 cm³/mol. The van der Waals surface area contributed by atoms with E-state index in [-0.39, 0.29) is 17.8 Å². The zero-order chi connectivity index (χ0) is 15.5. The van der Waals surface area contributed by atoms with Crippen molar-refractivity contribution in [2.75, 3.05) is 5.32 Å². The Morgan fingerprint density at radius 1 is 1.19 bits per heavy atom. The summed E-state index contributed by atoms with van der Waals surface area (Å²) in [5.74, 6) is -0.512. The van der Waals surface area contributed by atoms with Gasteiger partial charge < -0.3 is 5.32 Å². The van der Waals surface area contributed by atoms with Crippen molar-refractivity contribution < 1.29 is 17.6 Å². The lowest BCUT2D eigenvalue weighted by Gasteiger charge is -2.11. The number of halogens is 4. The van der Waals surface area contributed by atoms with E-state index in [2.05, 4.69) is 10.3 Å². The molecule has 1 N–H and O–H groups in total. The van der Waals surface area contributed by atoms with Gasteiger partial charge in [-0.25, -0.2) is 4.39 Å². The summed E-state index contributed by atoms with van der Waals surface area (Å²) in [5, 5.41) is 11.7. The lowest BCUT2D eigenvalue weighted by molar-refractivity contribution is -0.137. The fraction of sp³-hybridized carbons (Fsp3) is 0.143. The van der Waals surface area contributed by atoms with Gasteiger partial charge in [0, 0.05) is 12.7 Å². The molecule has 0 fully saturated rings. The minimum atomic E-state index is -4.50. The van der Waals surface area contributed by atoms with Gasteiger partial charge in [0.1, 0.15) is 11.9 Å². The molecule has 0 aliphatic rings. The number of nitriles is 1. The number of nitrogens with one attached hydrogen (secondary N) is 1. The number of pyridine rings is 1. The Balaban J connectivity index is 2.19. The SMILES string of the molecule is N#Cc1cc(C(F)(F)F)ccc1NCc1cncc(F)c1. The molecule has 0 aliphatic carbocycles. The fourth-order valence-corrected chi connectivity index (χ4v) is 1.72. The molecule has 0 radical (unpaired) electrons. The van der Waals surface area contributed by atoms with Gasteiger partial charge in [0.05, 0.1) is 23.0 Å². The lowest BCUT2D eigenvalue weighted by atomic mass is 10.1. The smallest absolute Gasteiger partial charge is 0.380 e. The Labute approximate surface area is 117 Å². The monoisotopic (exact) mass is 295 g/mol. The largest absolute Gasteiger partial charge is 0.416 e. The van der Waals surface area contributed by atoms with Gasteiger partial charge >= 0.3 is 6.18 Å². The van der Waals surface area contributed by atoms with Gasteiger partial charge in [0.15, 0.2) is 0 Å². The Hall–Kier alpha value is -2.62. The number of aromatic nitrogens is 1. The maximum absolute atomic E-state index is 13.0. The van der Waals surface area contributed by atoms with Crippen LogP contribution in [-0.2, 0) is 12.7 Å². The van der Waals surface area contributed by atoms with Crippen LogP contribution in [0, 0.1) is 17.1 Å². The van der Waals surface area contributed by atoms with E-state index in [1.54, 1.807) is 6.07 Å². The van der Waals surface area contributed by atoms with Crippen LogP contribution in [0.15, 0.2) is 36.7 Å². The van der Waals surface area contributed by atoms with Crippen LogP contribution in [0.2, 0.25) is 0 Å². The van der Waals surface area contributed by atoms with E-state index >= 15 is 0 Å². The summed E-state index contributed by atoms with van der Waals surface area (Å²) in [6.07, 6.45) is -2.04. The summed E-state index contributed by atoms with van der Waals surface area (Å²) < 4.78 is 50.6. The van der Waals surface area contributed by atoms with E-state index < -0.39 is 17.6 Å². The number of anilines is 1. The van der Waals surface area contributed by atoms with Crippen molar-refractivity contribution >= 4 is 5.69 Å². The average molecular weight is 295 g/mol. The van der Waals surface area contributed by atoms with Gasteiger partial charge in [-0.15, -0.1) is 0 Å². The Morgan fingerprint density at radius 3 is 2.57 bits per heavy atom. The first kappa shape index (κ1) is 14.8. The maximum atomic E-state index is 13.0. The van der Waals surface area contributed by atoms with Crippen molar-refractivity contribution in [3.05, 3.63) is 59.2 Å². The number of nitrogens with zero attached hydrogens (tertiary/aromatic N) is 2. The second-order valence-electron chi connectivity index (χ2n) is 4.23.